The standard InChI is InChI=1S/C23H27N3O3S/c1-17-6-8-20(9-7-17)30(28,29)26-12-10-18(11-13-26)15-25-23(27)14-19-16-24-22-5-3-2-4-21(19)22/h2-9,16,18,24H,10-15H2,1H3,(H,25,27). The lowest BCUT2D eigenvalue weighted by molar-refractivity contribution is -0.120. The molecule has 3 aromatic rings. The Kier molecular flexibility index (Phi) is 5.92. The van der Waals surface area contributed by atoms with Crippen LogP contribution in [0.4, 0.5) is 0 Å². The fraction of sp³-hybridized carbons (Fsp3) is 0.348. The van der Waals surface area contributed by atoms with E-state index in [9.17, 15) is 13.2 Å². The van der Waals surface area contributed by atoms with Crippen LogP contribution in [0.25, 0.3) is 10.9 Å². The second-order valence-corrected chi connectivity index (χ2v) is 9.94. The maximum Gasteiger partial charge on any atom is 0.243 e. The molecule has 0 saturated carbocycles. The van der Waals surface area contributed by atoms with Crippen LogP contribution in [0.15, 0.2) is 59.6 Å². The van der Waals surface area contributed by atoms with Crippen LogP contribution < -0.4 is 5.32 Å². The fourth-order valence-electron chi connectivity index (χ4n) is 3.98. The number of aromatic amines is 1. The van der Waals surface area contributed by atoms with Crippen molar-refractivity contribution in [3.8, 4) is 0 Å². The summed E-state index contributed by atoms with van der Waals surface area (Å²) in [6, 6.07) is 14.9. The first-order valence-electron chi connectivity index (χ1n) is 10.3. The van der Waals surface area contributed by atoms with Gasteiger partial charge in [0.1, 0.15) is 0 Å². The smallest absolute Gasteiger partial charge is 0.243 e. The lowest BCUT2D eigenvalue weighted by Crippen LogP contribution is -2.41. The summed E-state index contributed by atoms with van der Waals surface area (Å²) in [7, 11) is -3.45. The molecule has 1 saturated heterocycles. The Bertz CT molecular complexity index is 1130. The van der Waals surface area contributed by atoms with Gasteiger partial charge in [-0.3, -0.25) is 4.79 Å². The number of rotatable bonds is 6. The van der Waals surface area contributed by atoms with Crippen molar-refractivity contribution in [3.63, 3.8) is 0 Å². The molecule has 0 unspecified atom stereocenters. The molecule has 0 spiro atoms. The minimum atomic E-state index is -3.45. The third-order valence-corrected chi connectivity index (χ3v) is 7.76. The molecular weight excluding hydrogens is 398 g/mol. The van der Waals surface area contributed by atoms with E-state index in [0.29, 0.717) is 36.9 Å². The fourth-order valence-corrected chi connectivity index (χ4v) is 5.45. The molecule has 0 atom stereocenters. The van der Waals surface area contributed by atoms with E-state index in [1.54, 1.807) is 16.4 Å². The number of piperidine rings is 1. The number of aromatic nitrogens is 1. The number of amides is 1. The van der Waals surface area contributed by atoms with Crippen molar-refractivity contribution in [3.05, 3.63) is 65.9 Å². The third-order valence-electron chi connectivity index (χ3n) is 5.85. The van der Waals surface area contributed by atoms with Crippen molar-refractivity contribution in [1.29, 1.82) is 0 Å². The molecule has 0 aliphatic carbocycles. The number of H-pyrrole nitrogens is 1. The number of carbonyl (C=O) groups excluding carboxylic acids is 1. The van der Waals surface area contributed by atoms with Gasteiger partial charge in [-0.15, -0.1) is 0 Å². The quantitative estimate of drug-likeness (QED) is 0.636. The van der Waals surface area contributed by atoms with Crippen molar-refractivity contribution in [2.24, 2.45) is 5.92 Å². The van der Waals surface area contributed by atoms with Gasteiger partial charge in [0, 0.05) is 36.7 Å². The first-order chi connectivity index (χ1) is 14.4. The van der Waals surface area contributed by atoms with Gasteiger partial charge in [0.2, 0.25) is 15.9 Å². The van der Waals surface area contributed by atoms with E-state index >= 15 is 0 Å². The summed E-state index contributed by atoms with van der Waals surface area (Å²) < 4.78 is 27.2. The predicted molar refractivity (Wildman–Crippen MR) is 118 cm³/mol. The Labute approximate surface area is 177 Å². The highest BCUT2D eigenvalue weighted by molar-refractivity contribution is 7.89. The maximum absolute atomic E-state index is 12.8. The van der Waals surface area contributed by atoms with Crippen LogP contribution in [-0.4, -0.2) is 43.2 Å². The number of nitrogens with one attached hydrogen (secondary N) is 2. The van der Waals surface area contributed by atoms with Gasteiger partial charge in [-0.1, -0.05) is 35.9 Å². The number of aryl methyl sites for hydroxylation is 1. The summed E-state index contributed by atoms with van der Waals surface area (Å²) in [6.07, 6.45) is 3.72. The van der Waals surface area contributed by atoms with Crippen LogP contribution >= 0.6 is 0 Å². The average Bonchev–Trinajstić information content (AvgIpc) is 3.16. The van der Waals surface area contributed by atoms with E-state index in [1.165, 1.54) is 0 Å². The van der Waals surface area contributed by atoms with Gasteiger partial charge >= 0.3 is 0 Å². The average molecular weight is 426 g/mol. The van der Waals surface area contributed by atoms with Gasteiger partial charge in [0.15, 0.2) is 0 Å². The SMILES string of the molecule is Cc1ccc(S(=O)(=O)N2CCC(CNC(=O)Cc3c[nH]c4ccccc34)CC2)cc1. The Balaban J connectivity index is 1.27. The van der Waals surface area contributed by atoms with E-state index in [1.807, 2.05) is 49.5 Å². The number of hydrogen-bond acceptors (Lipinski definition) is 3. The number of carbonyl (C=O) groups is 1. The lowest BCUT2D eigenvalue weighted by atomic mass is 9.98. The highest BCUT2D eigenvalue weighted by Gasteiger charge is 2.29. The number of fused-ring (bicyclic) bond motifs is 1. The molecule has 1 aliphatic heterocycles. The van der Waals surface area contributed by atoms with E-state index in [4.69, 9.17) is 0 Å². The third kappa shape index (κ3) is 4.42. The maximum atomic E-state index is 12.8. The predicted octanol–water partition coefficient (Wildman–Crippen LogP) is 3.24. The molecule has 2 aromatic carbocycles. The minimum absolute atomic E-state index is 0.00513. The summed E-state index contributed by atoms with van der Waals surface area (Å²) in [4.78, 5) is 15.9. The Hall–Kier alpha value is -2.64. The van der Waals surface area contributed by atoms with E-state index in [0.717, 1.165) is 34.9 Å². The van der Waals surface area contributed by atoms with Crippen LogP contribution in [0, 0.1) is 12.8 Å². The largest absolute Gasteiger partial charge is 0.361 e. The van der Waals surface area contributed by atoms with Gasteiger partial charge in [0.05, 0.1) is 11.3 Å². The van der Waals surface area contributed by atoms with Crippen molar-refractivity contribution < 1.29 is 13.2 Å². The minimum Gasteiger partial charge on any atom is -0.361 e. The van der Waals surface area contributed by atoms with Crippen LogP contribution in [-0.2, 0) is 21.2 Å². The van der Waals surface area contributed by atoms with Crippen molar-refractivity contribution >= 4 is 26.8 Å². The van der Waals surface area contributed by atoms with E-state index < -0.39 is 10.0 Å². The molecular formula is C23H27N3O3S. The van der Waals surface area contributed by atoms with E-state index in [-0.39, 0.29) is 5.91 Å². The van der Waals surface area contributed by atoms with Gasteiger partial charge in [-0.25, -0.2) is 8.42 Å². The number of nitrogens with zero attached hydrogens (tertiary/aromatic N) is 1. The highest BCUT2D eigenvalue weighted by Crippen LogP contribution is 2.24. The summed E-state index contributed by atoms with van der Waals surface area (Å²) in [6.45, 7) is 3.49. The van der Waals surface area contributed by atoms with E-state index in [2.05, 4.69) is 10.3 Å². The van der Waals surface area contributed by atoms with Gasteiger partial charge in [-0.05, 0) is 49.4 Å². The molecule has 1 amide bonds. The number of para-hydroxylation sites is 1. The number of benzene rings is 2. The lowest BCUT2D eigenvalue weighted by Gasteiger charge is -2.31. The Morgan fingerprint density at radius 2 is 1.80 bits per heavy atom. The monoisotopic (exact) mass is 425 g/mol. The zero-order valence-corrected chi connectivity index (χ0v) is 17.9. The molecule has 7 heteroatoms. The Morgan fingerprint density at radius 3 is 2.53 bits per heavy atom. The summed E-state index contributed by atoms with van der Waals surface area (Å²) in [5.74, 6) is 0.288. The van der Waals surface area contributed by atoms with Gasteiger partial charge in [-0.2, -0.15) is 4.31 Å². The first-order valence-corrected chi connectivity index (χ1v) is 11.8. The zero-order chi connectivity index (χ0) is 21.1. The van der Waals surface area contributed by atoms with Crippen molar-refractivity contribution in [1.82, 2.24) is 14.6 Å². The van der Waals surface area contributed by atoms with Crippen molar-refractivity contribution in [2.45, 2.75) is 31.1 Å². The van der Waals surface area contributed by atoms with Crippen LogP contribution in [0.1, 0.15) is 24.0 Å². The molecule has 2 N–H and O–H groups in total. The number of hydrogen-bond donors (Lipinski definition) is 2. The molecule has 30 heavy (non-hydrogen) atoms. The molecule has 2 heterocycles. The van der Waals surface area contributed by atoms with Crippen molar-refractivity contribution in [2.75, 3.05) is 19.6 Å². The van der Waals surface area contributed by atoms with Gasteiger partial charge < -0.3 is 10.3 Å². The second kappa shape index (κ2) is 8.62. The molecule has 1 fully saturated rings. The summed E-state index contributed by atoms with van der Waals surface area (Å²) >= 11 is 0. The van der Waals surface area contributed by atoms with Gasteiger partial charge in [0.25, 0.3) is 0 Å². The molecule has 6 nitrogen and oxygen atoms in total. The highest BCUT2D eigenvalue weighted by atomic mass is 32.2. The molecule has 0 bridgehead atoms. The number of sulfonamides is 1. The van der Waals surface area contributed by atoms with Crippen LogP contribution in [0.3, 0.4) is 0 Å². The normalized spacial score (nSPS) is 16.0. The zero-order valence-electron chi connectivity index (χ0n) is 17.1. The van der Waals surface area contributed by atoms with Crippen LogP contribution in [0.5, 0.6) is 0 Å². The first kappa shape index (κ1) is 20.6. The topological polar surface area (TPSA) is 82.3 Å². The Morgan fingerprint density at radius 1 is 1.10 bits per heavy atom. The summed E-state index contributed by atoms with van der Waals surface area (Å²) in [5.41, 5.74) is 3.06. The molecule has 1 aliphatic rings. The van der Waals surface area contributed by atoms with Crippen LogP contribution in [0.2, 0.25) is 0 Å². The molecule has 4 rings (SSSR count). The molecule has 0 radical (unpaired) electrons. The molecule has 158 valence electrons. The summed E-state index contributed by atoms with van der Waals surface area (Å²) in [5, 5.41) is 4.10. The molecule has 1 aromatic heterocycles. The second-order valence-electron chi connectivity index (χ2n) is 8.00.